The fourth-order valence-corrected chi connectivity index (χ4v) is 1.65. The summed E-state index contributed by atoms with van der Waals surface area (Å²) in [5, 5.41) is 0.183. The first-order valence-electron chi connectivity index (χ1n) is 4.37. The van der Waals surface area contributed by atoms with Gasteiger partial charge in [-0.25, -0.2) is 9.37 Å². The molecule has 0 spiro atoms. The van der Waals surface area contributed by atoms with Gasteiger partial charge in [0.25, 0.3) is 0 Å². The molecule has 0 bridgehead atoms. The monoisotopic (exact) mass is 336 g/mol. The van der Waals surface area contributed by atoms with Crippen molar-refractivity contribution in [1.82, 2.24) is 9.97 Å². The van der Waals surface area contributed by atoms with Crippen LogP contribution in [0.2, 0.25) is 10.3 Å². The molecule has 0 aliphatic rings. The van der Waals surface area contributed by atoms with Crippen molar-refractivity contribution in [3.05, 3.63) is 45.0 Å². The van der Waals surface area contributed by atoms with Crippen molar-refractivity contribution in [2.24, 2.45) is 0 Å². The summed E-state index contributed by atoms with van der Waals surface area (Å²) in [5.74, 6) is -0.112. The predicted octanol–water partition coefficient (Wildman–Crippen LogP) is 4.48. The van der Waals surface area contributed by atoms with Crippen LogP contribution in [0.15, 0.2) is 28.9 Å². The molecule has 0 N–H and O–H groups in total. The molecule has 0 saturated heterocycles. The third-order valence-electron chi connectivity index (χ3n) is 1.78. The largest absolute Gasteiger partial charge is 0.436 e. The van der Waals surface area contributed by atoms with Gasteiger partial charge in [0, 0.05) is 6.07 Å². The maximum Gasteiger partial charge on any atom is 0.242 e. The molecule has 0 aliphatic carbocycles. The van der Waals surface area contributed by atoms with E-state index in [0.29, 0.717) is 4.47 Å². The highest BCUT2D eigenvalue weighted by Gasteiger charge is 2.10. The van der Waals surface area contributed by atoms with Crippen LogP contribution >= 0.6 is 39.1 Å². The highest BCUT2D eigenvalue weighted by molar-refractivity contribution is 9.10. The van der Waals surface area contributed by atoms with Crippen LogP contribution < -0.4 is 4.74 Å². The Morgan fingerprint density at radius 3 is 2.82 bits per heavy atom. The van der Waals surface area contributed by atoms with Gasteiger partial charge in [0.1, 0.15) is 16.6 Å². The average Bonchev–Trinajstić information content (AvgIpc) is 2.28. The minimum absolute atomic E-state index is 0.00285. The van der Waals surface area contributed by atoms with Gasteiger partial charge in [-0.15, -0.1) is 0 Å². The van der Waals surface area contributed by atoms with E-state index in [1.165, 1.54) is 24.4 Å². The lowest BCUT2D eigenvalue weighted by atomic mass is 10.3. The second-order valence-corrected chi connectivity index (χ2v) is 4.57. The molecule has 7 heteroatoms. The lowest BCUT2D eigenvalue weighted by Crippen LogP contribution is -1.92. The van der Waals surface area contributed by atoms with Gasteiger partial charge in [-0.3, -0.25) is 0 Å². The molecular weight excluding hydrogens is 334 g/mol. The zero-order valence-corrected chi connectivity index (χ0v) is 11.2. The summed E-state index contributed by atoms with van der Waals surface area (Å²) in [7, 11) is 0. The Bertz CT molecular complexity index is 518. The van der Waals surface area contributed by atoms with E-state index in [-0.39, 0.29) is 21.9 Å². The molecule has 2 aromatic rings. The first-order chi connectivity index (χ1) is 8.06. The van der Waals surface area contributed by atoms with Crippen molar-refractivity contribution >= 4 is 39.1 Å². The minimum Gasteiger partial charge on any atom is -0.436 e. The third kappa shape index (κ3) is 3.06. The first-order valence-corrected chi connectivity index (χ1v) is 5.92. The Balaban J connectivity index is 2.37. The summed E-state index contributed by atoms with van der Waals surface area (Å²) in [6.07, 6.45) is 1.30. The second-order valence-electron chi connectivity index (χ2n) is 2.97. The number of rotatable bonds is 2. The normalized spacial score (nSPS) is 10.4. The van der Waals surface area contributed by atoms with Crippen LogP contribution in [0, 0.1) is 5.82 Å². The second kappa shape index (κ2) is 5.16. The molecule has 1 heterocycles. The van der Waals surface area contributed by atoms with Crippen molar-refractivity contribution < 1.29 is 9.13 Å². The number of ether oxygens (including phenoxy) is 1. The maximum atomic E-state index is 13.0. The van der Waals surface area contributed by atoms with Gasteiger partial charge in [-0.1, -0.05) is 11.6 Å². The van der Waals surface area contributed by atoms with Crippen molar-refractivity contribution in [1.29, 1.82) is 0 Å². The molecule has 1 aromatic carbocycles. The Morgan fingerprint density at radius 2 is 2.06 bits per heavy atom. The summed E-state index contributed by atoms with van der Waals surface area (Å²) in [6.45, 7) is 0. The minimum atomic E-state index is -0.431. The number of hydrogen-bond acceptors (Lipinski definition) is 3. The molecule has 17 heavy (non-hydrogen) atoms. The molecule has 1 aromatic heterocycles. The fraction of sp³-hybridized carbons (Fsp3) is 0. The van der Waals surface area contributed by atoms with E-state index in [4.69, 9.17) is 27.9 Å². The number of nitrogens with zero attached hydrogens (tertiary/aromatic N) is 2. The smallest absolute Gasteiger partial charge is 0.242 e. The van der Waals surface area contributed by atoms with E-state index in [0.717, 1.165) is 0 Å². The van der Waals surface area contributed by atoms with Gasteiger partial charge in [-0.05, 0) is 39.7 Å². The Morgan fingerprint density at radius 1 is 1.29 bits per heavy atom. The highest BCUT2D eigenvalue weighted by atomic mass is 79.9. The van der Waals surface area contributed by atoms with Gasteiger partial charge in [0.2, 0.25) is 11.2 Å². The van der Waals surface area contributed by atoms with E-state index in [1.54, 1.807) is 0 Å². The molecule has 88 valence electrons. The molecule has 0 amide bonds. The quantitative estimate of drug-likeness (QED) is 0.758. The fourth-order valence-electron chi connectivity index (χ4n) is 1.06. The number of halogens is 4. The molecule has 0 saturated carbocycles. The van der Waals surface area contributed by atoms with E-state index in [2.05, 4.69) is 25.9 Å². The topological polar surface area (TPSA) is 35.0 Å². The number of benzene rings is 1. The van der Waals surface area contributed by atoms with Crippen LogP contribution in [0.1, 0.15) is 0 Å². The van der Waals surface area contributed by atoms with Gasteiger partial charge < -0.3 is 4.74 Å². The maximum absolute atomic E-state index is 13.0. The molecule has 0 aliphatic heterocycles. The van der Waals surface area contributed by atoms with Crippen LogP contribution in [-0.4, -0.2) is 9.97 Å². The summed E-state index contributed by atoms with van der Waals surface area (Å²) in [4.78, 5) is 7.47. The van der Waals surface area contributed by atoms with Crippen molar-refractivity contribution in [2.75, 3.05) is 0 Å². The van der Waals surface area contributed by atoms with Gasteiger partial charge in [0.05, 0.1) is 10.7 Å². The summed E-state index contributed by atoms with van der Waals surface area (Å²) in [6, 6.07) is 4.02. The molecule has 0 fully saturated rings. The van der Waals surface area contributed by atoms with Crippen molar-refractivity contribution in [3.63, 3.8) is 0 Å². The highest BCUT2D eigenvalue weighted by Crippen LogP contribution is 2.32. The predicted molar refractivity (Wildman–Crippen MR) is 66.2 cm³/mol. The zero-order chi connectivity index (χ0) is 12.4. The molecule has 0 unspecified atom stereocenters. The van der Waals surface area contributed by atoms with Gasteiger partial charge >= 0.3 is 0 Å². The van der Waals surface area contributed by atoms with E-state index >= 15 is 0 Å². The average molecular weight is 338 g/mol. The Kier molecular flexibility index (Phi) is 3.81. The van der Waals surface area contributed by atoms with Crippen LogP contribution in [0.25, 0.3) is 0 Å². The standard InChI is InChI=1S/C10H4BrCl2FN2O/c11-6-2-1-5(14)3-8(6)17-9-7(12)4-15-10(13)16-9/h1-4H. The first kappa shape index (κ1) is 12.5. The lowest BCUT2D eigenvalue weighted by Gasteiger charge is -2.07. The molecule has 2 rings (SSSR count). The van der Waals surface area contributed by atoms with Crippen LogP contribution in [0.5, 0.6) is 11.6 Å². The number of hydrogen-bond donors (Lipinski definition) is 0. The summed E-state index contributed by atoms with van der Waals surface area (Å²) in [5.41, 5.74) is 0. The SMILES string of the molecule is Fc1ccc(Br)c(Oc2nc(Cl)ncc2Cl)c1. The Hall–Kier alpha value is -0.910. The van der Waals surface area contributed by atoms with Crippen molar-refractivity contribution in [3.8, 4) is 11.6 Å². The summed E-state index contributed by atoms with van der Waals surface area (Å²) >= 11 is 14.6. The number of aromatic nitrogens is 2. The van der Waals surface area contributed by atoms with Crippen molar-refractivity contribution in [2.45, 2.75) is 0 Å². The molecule has 3 nitrogen and oxygen atoms in total. The molecule has 0 radical (unpaired) electrons. The van der Waals surface area contributed by atoms with Crippen LogP contribution in [-0.2, 0) is 0 Å². The molecular formula is C10H4BrCl2FN2O. The zero-order valence-electron chi connectivity index (χ0n) is 8.12. The van der Waals surface area contributed by atoms with Gasteiger partial charge in [-0.2, -0.15) is 4.98 Å². The lowest BCUT2D eigenvalue weighted by molar-refractivity contribution is 0.454. The molecule has 0 atom stereocenters. The van der Waals surface area contributed by atoms with E-state index in [1.807, 2.05) is 0 Å². The van der Waals surface area contributed by atoms with Crippen LogP contribution in [0.4, 0.5) is 4.39 Å². The Labute approximate surface area is 115 Å². The summed E-state index contributed by atoms with van der Waals surface area (Å²) < 4.78 is 19.0. The van der Waals surface area contributed by atoms with E-state index in [9.17, 15) is 4.39 Å². The van der Waals surface area contributed by atoms with E-state index < -0.39 is 5.82 Å². The van der Waals surface area contributed by atoms with Gasteiger partial charge in [0.15, 0.2) is 0 Å². The third-order valence-corrected chi connectivity index (χ3v) is 2.88. The van der Waals surface area contributed by atoms with Crippen LogP contribution in [0.3, 0.4) is 0 Å².